The maximum absolute atomic E-state index is 13.1. The molecule has 152 valence electrons. The topological polar surface area (TPSA) is 60.9 Å². The van der Waals surface area contributed by atoms with Gasteiger partial charge in [-0.1, -0.05) is 6.42 Å². The van der Waals surface area contributed by atoms with Crippen LogP contribution in [0, 0.1) is 0 Å². The first-order chi connectivity index (χ1) is 13.6. The molecule has 28 heavy (non-hydrogen) atoms. The summed E-state index contributed by atoms with van der Waals surface area (Å²) in [5, 5.41) is 5.95. The number of amides is 1. The molecule has 2 aromatic heterocycles. The number of piperazine rings is 1. The number of hydrogen-bond donors (Lipinski definition) is 0. The monoisotopic (exact) mass is 439 g/mol. The maximum atomic E-state index is 13.1. The number of piperidine rings is 1. The van der Waals surface area contributed by atoms with Crippen molar-refractivity contribution in [2.45, 2.75) is 30.7 Å². The Balaban J connectivity index is 1.43. The van der Waals surface area contributed by atoms with Crippen LogP contribution in [0.5, 0.6) is 0 Å². The molecule has 0 radical (unpaired) electrons. The van der Waals surface area contributed by atoms with Crippen molar-refractivity contribution in [3.8, 4) is 0 Å². The molecular weight excluding hydrogens is 414 g/mol. The van der Waals surface area contributed by atoms with Gasteiger partial charge >= 0.3 is 0 Å². The van der Waals surface area contributed by atoms with Gasteiger partial charge in [-0.25, -0.2) is 8.42 Å². The molecule has 0 N–H and O–H groups in total. The molecule has 4 heterocycles. The van der Waals surface area contributed by atoms with Gasteiger partial charge in [0.25, 0.3) is 5.91 Å². The summed E-state index contributed by atoms with van der Waals surface area (Å²) in [6.45, 7) is 4.87. The fraction of sp³-hybridized carbons (Fsp3) is 0.526. The van der Waals surface area contributed by atoms with E-state index in [1.165, 1.54) is 21.2 Å². The van der Waals surface area contributed by atoms with E-state index < -0.39 is 10.0 Å². The van der Waals surface area contributed by atoms with E-state index in [4.69, 9.17) is 0 Å². The number of carbonyl (C=O) groups excluding carboxylic acids is 1. The highest BCUT2D eigenvalue weighted by Crippen LogP contribution is 2.28. The van der Waals surface area contributed by atoms with Gasteiger partial charge in [0, 0.05) is 45.8 Å². The fourth-order valence-corrected chi connectivity index (χ4v) is 7.33. The fourth-order valence-electron chi connectivity index (χ4n) is 3.79. The molecule has 9 heteroatoms. The van der Waals surface area contributed by atoms with Crippen LogP contribution < -0.4 is 0 Å². The first-order valence-electron chi connectivity index (χ1n) is 9.66. The van der Waals surface area contributed by atoms with Crippen molar-refractivity contribution in [2.24, 2.45) is 0 Å². The predicted molar refractivity (Wildman–Crippen MR) is 112 cm³/mol. The van der Waals surface area contributed by atoms with Crippen molar-refractivity contribution < 1.29 is 13.2 Å². The van der Waals surface area contributed by atoms with Crippen LogP contribution in [0.2, 0.25) is 0 Å². The molecule has 2 aliphatic rings. The molecule has 0 unspecified atom stereocenters. The number of thiophene rings is 2. The number of sulfonamides is 1. The highest BCUT2D eigenvalue weighted by atomic mass is 32.2. The molecule has 2 aromatic rings. The molecule has 0 spiro atoms. The van der Waals surface area contributed by atoms with E-state index in [0.29, 0.717) is 31.1 Å². The first-order valence-corrected chi connectivity index (χ1v) is 12.9. The zero-order valence-electron chi connectivity index (χ0n) is 15.7. The summed E-state index contributed by atoms with van der Waals surface area (Å²) in [6.07, 6.45) is 2.84. The van der Waals surface area contributed by atoms with Crippen LogP contribution in [-0.2, 0) is 16.6 Å². The summed E-state index contributed by atoms with van der Waals surface area (Å²) in [5.74, 6) is -0.152. The molecule has 4 rings (SSSR count). The molecule has 2 saturated heterocycles. The summed E-state index contributed by atoms with van der Waals surface area (Å²) >= 11 is 2.93. The quantitative estimate of drug-likeness (QED) is 0.719. The van der Waals surface area contributed by atoms with Gasteiger partial charge in [0.2, 0.25) is 10.0 Å². The van der Waals surface area contributed by atoms with Gasteiger partial charge in [-0.2, -0.15) is 15.6 Å². The molecule has 0 saturated carbocycles. The average Bonchev–Trinajstić information content (AvgIpc) is 3.41. The van der Waals surface area contributed by atoms with Crippen molar-refractivity contribution in [3.63, 3.8) is 0 Å². The van der Waals surface area contributed by atoms with Crippen LogP contribution in [0.25, 0.3) is 0 Å². The van der Waals surface area contributed by atoms with Crippen molar-refractivity contribution in [1.29, 1.82) is 0 Å². The van der Waals surface area contributed by atoms with Crippen LogP contribution in [0.15, 0.2) is 33.2 Å². The smallest absolute Gasteiger partial charge is 0.265 e. The van der Waals surface area contributed by atoms with Crippen molar-refractivity contribution in [3.05, 3.63) is 38.7 Å². The Labute approximate surface area is 174 Å². The van der Waals surface area contributed by atoms with Gasteiger partial charge in [-0.3, -0.25) is 9.69 Å². The van der Waals surface area contributed by atoms with Crippen LogP contribution in [0.4, 0.5) is 0 Å². The van der Waals surface area contributed by atoms with Crippen LogP contribution in [-0.4, -0.2) is 67.7 Å². The van der Waals surface area contributed by atoms with Crippen molar-refractivity contribution in [1.82, 2.24) is 14.1 Å². The minimum atomic E-state index is -3.59. The Bertz CT molecular complexity index is 894. The van der Waals surface area contributed by atoms with E-state index in [0.717, 1.165) is 38.9 Å². The highest BCUT2D eigenvalue weighted by molar-refractivity contribution is 7.89. The second-order valence-electron chi connectivity index (χ2n) is 7.28. The molecule has 1 amide bonds. The van der Waals surface area contributed by atoms with Crippen molar-refractivity contribution in [2.75, 3.05) is 39.3 Å². The summed E-state index contributed by atoms with van der Waals surface area (Å²) in [5.41, 5.74) is 1.30. The van der Waals surface area contributed by atoms with E-state index in [9.17, 15) is 13.2 Å². The molecule has 2 aliphatic heterocycles. The minimum Gasteiger partial charge on any atom is -0.335 e. The number of nitrogens with zero attached hydrogens (tertiary/aromatic N) is 3. The standard InChI is InChI=1S/C19H25N3O3S3/c23-19(21-10-8-20(9-11-21)14-16-4-12-26-15-16)18-17(5-13-27-18)28(24,25)22-6-2-1-3-7-22/h4-5,12-13,15H,1-3,6-11,14H2. The van der Waals surface area contributed by atoms with Crippen LogP contribution in [0.3, 0.4) is 0 Å². The largest absolute Gasteiger partial charge is 0.335 e. The maximum Gasteiger partial charge on any atom is 0.265 e. The van der Waals surface area contributed by atoms with Gasteiger partial charge in [0.05, 0.1) is 0 Å². The Morgan fingerprint density at radius 3 is 2.39 bits per heavy atom. The number of rotatable bonds is 5. The third-order valence-corrected chi connectivity index (χ3v) is 9.11. The van der Waals surface area contributed by atoms with E-state index in [1.807, 2.05) is 0 Å². The molecule has 0 bridgehead atoms. The molecule has 2 fully saturated rings. The lowest BCUT2D eigenvalue weighted by Gasteiger charge is -2.34. The van der Waals surface area contributed by atoms with Gasteiger partial charge < -0.3 is 4.90 Å². The van der Waals surface area contributed by atoms with E-state index in [-0.39, 0.29) is 10.8 Å². The lowest BCUT2D eigenvalue weighted by Crippen LogP contribution is -2.48. The summed E-state index contributed by atoms with van der Waals surface area (Å²) < 4.78 is 27.6. The van der Waals surface area contributed by atoms with Gasteiger partial charge in [0.1, 0.15) is 9.77 Å². The number of carbonyl (C=O) groups is 1. The second-order valence-corrected chi connectivity index (χ2v) is 10.9. The van der Waals surface area contributed by atoms with Crippen LogP contribution >= 0.6 is 22.7 Å². The molecule has 0 aliphatic carbocycles. The minimum absolute atomic E-state index is 0.152. The van der Waals surface area contributed by atoms with E-state index in [1.54, 1.807) is 27.7 Å². The molecular formula is C19H25N3O3S3. The Kier molecular flexibility index (Phi) is 6.17. The number of hydrogen-bond acceptors (Lipinski definition) is 6. The summed E-state index contributed by atoms with van der Waals surface area (Å²) in [6, 6.07) is 3.72. The molecule has 0 aromatic carbocycles. The third kappa shape index (κ3) is 4.18. The lowest BCUT2D eigenvalue weighted by atomic mass is 10.2. The van der Waals surface area contributed by atoms with E-state index >= 15 is 0 Å². The summed E-state index contributed by atoms with van der Waals surface area (Å²) in [7, 11) is -3.59. The lowest BCUT2D eigenvalue weighted by molar-refractivity contribution is 0.0630. The van der Waals surface area contributed by atoms with Crippen LogP contribution in [0.1, 0.15) is 34.5 Å². The zero-order chi connectivity index (χ0) is 19.6. The van der Waals surface area contributed by atoms with E-state index in [2.05, 4.69) is 21.7 Å². The van der Waals surface area contributed by atoms with Gasteiger partial charge in [-0.05, 0) is 46.7 Å². The normalized spacial score (nSPS) is 19.8. The Hall–Kier alpha value is -1.26. The van der Waals surface area contributed by atoms with Gasteiger partial charge in [0.15, 0.2) is 0 Å². The Morgan fingerprint density at radius 2 is 1.71 bits per heavy atom. The first kappa shape index (κ1) is 20.0. The van der Waals surface area contributed by atoms with Gasteiger partial charge in [-0.15, -0.1) is 11.3 Å². The summed E-state index contributed by atoms with van der Waals surface area (Å²) in [4.78, 5) is 17.8. The molecule has 6 nitrogen and oxygen atoms in total. The average molecular weight is 440 g/mol. The SMILES string of the molecule is O=C(c1sccc1S(=O)(=O)N1CCCCC1)N1CCN(Cc2ccsc2)CC1. The van der Waals surface area contributed by atoms with Crippen molar-refractivity contribution >= 4 is 38.6 Å². The molecule has 0 atom stereocenters. The predicted octanol–water partition coefficient (Wildman–Crippen LogP) is 2.94. The zero-order valence-corrected chi connectivity index (χ0v) is 18.2. The third-order valence-electron chi connectivity index (χ3n) is 5.40. The highest BCUT2D eigenvalue weighted by Gasteiger charge is 2.33. The Morgan fingerprint density at radius 1 is 0.964 bits per heavy atom. The second kappa shape index (κ2) is 8.62.